The minimum absolute atomic E-state index is 0.330. The molecule has 14 heavy (non-hydrogen) atoms. The Morgan fingerprint density at radius 3 is 2.57 bits per heavy atom. The zero-order chi connectivity index (χ0) is 10.9. The summed E-state index contributed by atoms with van der Waals surface area (Å²) in [5.74, 6) is -0.330. The minimum Gasteiger partial charge on any atom is -0.387 e. The Kier molecular flexibility index (Phi) is 3.64. The Balaban J connectivity index is 3.17. The van der Waals surface area contributed by atoms with Crippen molar-refractivity contribution in [1.29, 1.82) is 0 Å². The molecule has 78 valence electrons. The molecule has 0 spiro atoms. The summed E-state index contributed by atoms with van der Waals surface area (Å²) in [7, 11) is 0. The van der Waals surface area contributed by atoms with E-state index in [0.29, 0.717) is 15.6 Å². The molecule has 0 fully saturated rings. The van der Waals surface area contributed by atoms with Crippen LogP contribution in [0.4, 0.5) is 4.39 Å². The Hall–Kier alpha value is -0.450. The van der Waals surface area contributed by atoms with Crippen LogP contribution in [-0.4, -0.2) is 11.1 Å². The van der Waals surface area contributed by atoms with E-state index in [0.717, 1.165) is 0 Å². The number of benzene rings is 1. The van der Waals surface area contributed by atoms with E-state index in [1.54, 1.807) is 19.9 Å². The lowest BCUT2D eigenvalue weighted by Gasteiger charge is -2.18. The molecule has 0 aromatic heterocycles. The topological polar surface area (TPSA) is 46.2 Å². The van der Waals surface area contributed by atoms with Gasteiger partial charge in [0.25, 0.3) is 0 Å². The van der Waals surface area contributed by atoms with Crippen molar-refractivity contribution in [3.63, 3.8) is 0 Å². The third-order valence-corrected chi connectivity index (χ3v) is 3.17. The molecular weight excluding hydrogens is 249 g/mol. The Bertz CT molecular complexity index is 341. The van der Waals surface area contributed by atoms with Gasteiger partial charge in [-0.1, -0.05) is 6.07 Å². The van der Waals surface area contributed by atoms with Gasteiger partial charge in [-0.25, -0.2) is 4.39 Å². The van der Waals surface area contributed by atoms with Gasteiger partial charge >= 0.3 is 0 Å². The zero-order valence-electron chi connectivity index (χ0n) is 8.09. The van der Waals surface area contributed by atoms with Gasteiger partial charge < -0.3 is 10.8 Å². The first kappa shape index (κ1) is 11.6. The molecule has 1 rings (SSSR count). The summed E-state index contributed by atoms with van der Waals surface area (Å²) < 4.78 is 13.4. The summed E-state index contributed by atoms with van der Waals surface area (Å²) in [6, 6.07) is 2.51. The molecular formula is C10H13BrFNO. The molecule has 0 amide bonds. The fraction of sp³-hybridized carbons (Fsp3) is 0.400. The predicted octanol–water partition coefficient (Wildman–Crippen LogP) is 2.28. The van der Waals surface area contributed by atoms with Crippen molar-refractivity contribution in [2.45, 2.75) is 26.0 Å². The largest absolute Gasteiger partial charge is 0.387 e. The second-order valence-corrected chi connectivity index (χ2v) is 4.17. The SMILES string of the molecule is Cc1c(C(O)C(C)N)ccc(F)c1Br. The van der Waals surface area contributed by atoms with Gasteiger partial charge in [0.1, 0.15) is 5.82 Å². The van der Waals surface area contributed by atoms with Gasteiger partial charge in [0.2, 0.25) is 0 Å². The van der Waals surface area contributed by atoms with Crippen LogP contribution in [0, 0.1) is 12.7 Å². The lowest BCUT2D eigenvalue weighted by molar-refractivity contribution is 0.152. The van der Waals surface area contributed by atoms with Crippen molar-refractivity contribution in [2.75, 3.05) is 0 Å². The van der Waals surface area contributed by atoms with Crippen LogP contribution in [-0.2, 0) is 0 Å². The van der Waals surface area contributed by atoms with Crippen LogP contribution in [0.5, 0.6) is 0 Å². The van der Waals surface area contributed by atoms with E-state index in [9.17, 15) is 9.50 Å². The fourth-order valence-corrected chi connectivity index (χ4v) is 1.63. The van der Waals surface area contributed by atoms with E-state index in [1.165, 1.54) is 6.07 Å². The smallest absolute Gasteiger partial charge is 0.137 e. The quantitative estimate of drug-likeness (QED) is 0.858. The summed E-state index contributed by atoms with van der Waals surface area (Å²) in [5, 5.41) is 9.73. The molecule has 4 heteroatoms. The molecule has 0 aliphatic heterocycles. The second-order valence-electron chi connectivity index (χ2n) is 3.38. The third kappa shape index (κ3) is 2.13. The molecule has 2 atom stereocenters. The maximum atomic E-state index is 13.1. The molecule has 0 saturated heterocycles. The molecule has 0 radical (unpaired) electrons. The highest BCUT2D eigenvalue weighted by molar-refractivity contribution is 9.10. The fourth-order valence-electron chi connectivity index (χ4n) is 1.27. The number of hydrogen-bond acceptors (Lipinski definition) is 2. The van der Waals surface area contributed by atoms with Crippen LogP contribution in [0.25, 0.3) is 0 Å². The van der Waals surface area contributed by atoms with Crippen molar-refractivity contribution in [3.8, 4) is 0 Å². The first-order valence-corrected chi connectivity index (χ1v) is 5.12. The molecule has 0 saturated carbocycles. The first-order chi connectivity index (χ1) is 6.45. The molecule has 1 aromatic rings. The maximum absolute atomic E-state index is 13.1. The van der Waals surface area contributed by atoms with E-state index < -0.39 is 6.10 Å². The van der Waals surface area contributed by atoms with Crippen LogP contribution in [0.1, 0.15) is 24.2 Å². The molecule has 0 aliphatic carbocycles. The van der Waals surface area contributed by atoms with Crippen LogP contribution >= 0.6 is 15.9 Å². The van der Waals surface area contributed by atoms with E-state index in [2.05, 4.69) is 15.9 Å². The van der Waals surface area contributed by atoms with Crippen LogP contribution < -0.4 is 5.73 Å². The van der Waals surface area contributed by atoms with Gasteiger partial charge in [-0.2, -0.15) is 0 Å². The van der Waals surface area contributed by atoms with Crippen molar-refractivity contribution in [2.24, 2.45) is 5.73 Å². The first-order valence-electron chi connectivity index (χ1n) is 4.33. The summed E-state index contributed by atoms with van der Waals surface area (Å²) >= 11 is 3.12. The predicted molar refractivity (Wildman–Crippen MR) is 57.4 cm³/mol. The van der Waals surface area contributed by atoms with Gasteiger partial charge in [-0.15, -0.1) is 0 Å². The summed E-state index contributed by atoms with van der Waals surface area (Å²) in [4.78, 5) is 0. The van der Waals surface area contributed by atoms with Gasteiger partial charge in [-0.05, 0) is 47.0 Å². The van der Waals surface area contributed by atoms with Crippen molar-refractivity contribution >= 4 is 15.9 Å². The van der Waals surface area contributed by atoms with E-state index >= 15 is 0 Å². The summed E-state index contributed by atoms with van der Waals surface area (Å²) in [6.45, 7) is 3.45. The highest BCUT2D eigenvalue weighted by Gasteiger charge is 2.17. The lowest BCUT2D eigenvalue weighted by atomic mass is 9.99. The Morgan fingerprint density at radius 2 is 2.07 bits per heavy atom. The maximum Gasteiger partial charge on any atom is 0.137 e. The molecule has 2 unspecified atom stereocenters. The number of halogens is 2. The lowest BCUT2D eigenvalue weighted by Crippen LogP contribution is -2.25. The monoisotopic (exact) mass is 261 g/mol. The van der Waals surface area contributed by atoms with Gasteiger partial charge in [0, 0.05) is 6.04 Å². The molecule has 1 aromatic carbocycles. The van der Waals surface area contributed by atoms with Gasteiger partial charge in [0.05, 0.1) is 10.6 Å². The van der Waals surface area contributed by atoms with Crippen molar-refractivity contribution in [1.82, 2.24) is 0 Å². The average molecular weight is 262 g/mol. The van der Waals surface area contributed by atoms with E-state index in [4.69, 9.17) is 5.73 Å². The normalized spacial score (nSPS) is 15.3. The number of hydrogen-bond donors (Lipinski definition) is 2. The zero-order valence-corrected chi connectivity index (χ0v) is 9.68. The number of nitrogens with two attached hydrogens (primary N) is 1. The highest BCUT2D eigenvalue weighted by Crippen LogP contribution is 2.28. The highest BCUT2D eigenvalue weighted by atomic mass is 79.9. The standard InChI is InChI=1S/C10H13BrFNO/c1-5-7(10(14)6(2)13)3-4-8(12)9(5)11/h3-4,6,10,14H,13H2,1-2H3. The van der Waals surface area contributed by atoms with Crippen molar-refractivity contribution in [3.05, 3.63) is 33.5 Å². The summed E-state index contributed by atoms with van der Waals surface area (Å²) in [6.07, 6.45) is -0.758. The van der Waals surface area contributed by atoms with Gasteiger partial charge in [-0.3, -0.25) is 0 Å². The molecule has 3 N–H and O–H groups in total. The van der Waals surface area contributed by atoms with Crippen molar-refractivity contribution < 1.29 is 9.50 Å². The molecule has 2 nitrogen and oxygen atoms in total. The average Bonchev–Trinajstić information content (AvgIpc) is 2.13. The second kappa shape index (κ2) is 4.38. The minimum atomic E-state index is -0.758. The molecule has 0 bridgehead atoms. The van der Waals surface area contributed by atoms with Crippen LogP contribution in [0.2, 0.25) is 0 Å². The van der Waals surface area contributed by atoms with Gasteiger partial charge in [0.15, 0.2) is 0 Å². The molecule has 0 aliphatic rings. The Labute approximate surface area is 91.1 Å². The number of rotatable bonds is 2. The molecule has 0 heterocycles. The Morgan fingerprint density at radius 1 is 1.50 bits per heavy atom. The number of aliphatic hydroxyl groups is 1. The third-order valence-electron chi connectivity index (χ3n) is 2.20. The van der Waals surface area contributed by atoms with Crippen LogP contribution in [0.3, 0.4) is 0 Å². The van der Waals surface area contributed by atoms with E-state index in [-0.39, 0.29) is 11.9 Å². The number of aliphatic hydroxyl groups excluding tert-OH is 1. The summed E-state index contributed by atoms with van der Waals surface area (Å²) in [5.41, 5.74) is 6.92. The van der Waals surface area contributed by atoms with E-state index in [1.807, 2.05) is 0 Å². The van der Waals surface area contributed by atoms with Crippen LogP contribution in [0.15, 0.2) is 16.6 Å².